The Kier molecular flexibility index (Phi) is 2.37. The number of nitrogens with zero attached hydrogens (tertiary/aromatic N) is 3. The Morgan fingerprint density at radius 2 is 1.75 bits per heavy atom. The molecule has 2 heterocycles. The maximum Gasteiger partial charge on any atom is 0.146 e. The molecule has 16 heavy (non-hydrogen) atoms. The number of fused-ring (bicyclic) bond motifs is 1. The van der Waals surface area contributed by atoms with Crippen molar-refractivity contribution in [3.05, 3.63) is 17.1 Å². The zero-order valence-electron chi connectivity index (χ0n) is 10.5. The van der Waals surface area contributed by atoms with Crippen molar-refractivity contribution in [1.82, 2.24) is 14.5 Å². The minimum Gasteiger partial charge on any atom is -0.383 e. The van der Waals surface area contributed by atoms with Gasteiger partial charge in [0.1, 0.15) is 17.3 Å². The Hall–Kier alpha value is -1.58. The molecule has 0 saturated heterocycles. The van der Waals surface area contributed by atoms with Crippen LogP contribution in [0.3, 0.4) is 0 Å². The molecule has 0 radical (unpaired) electrons. The molecule has 0 fully saturated rings. The molecule has 2 rings (SSSR count). The molecule has 2 N–H and O–H groups in total. The van der Waals surface area contributed by atoms with Gasteiger partial charge in [-0.15, -0.1) is 0 Å². The fourth-order valence-corrected chi connectivity index (χ4v) is 2.27. The van der Waals surface area contributed by atoms with Gasteiger partial charge in [-0.25, -0.2) is 9.97 Å². The minimum atomic E-state index is 0.380. The molecule has 4 heteroatoms. The summed E-state index contributed by atoms with van der Waals surface area (Å²) in [6.07, 6.45) is 0. The molecule has 0 aliphatic rings. The zero-order valence-corrected chi connectivity index (χ0v) is 10.5. The Labute approximate surface area is 95.5 Å². The van der Waals surface area contributed by atoms with E-state index in [2.05, 4.69) is 42.2 Å². The third-order valence-electron chi connectivity index (χ3n) is 3.05. The minimum absolute atomic E-state index is 0.380. The number of nitrogens with two attached hydrogens (primary N) is 1. The topological polar surface area (TPSA) is 56.7 Å². The van der Waals surface area contributed by atoms with Crippen LogP contribution in [-0.2, 0) is 0 Å². The molecule has 0 aromatic carbocycles. The fourth-order valence-electron chi connectivity index (χ4n) is 2.27. The van der Waals surface area contributed by atoms with Gasteiger partial charge in [0.15, 0.2) is 0 Å². The summed E-state index contributed by atoms with van der Waals surface area (Å²) in [5.74, 6) is 1.31. The maximum atomic E-state index is 5.98. The summed E-state index contributed by atoms with van der Waals surface area (Å²) in [4.78, 5) is 8.74. The smallest absolute Gasteiger partial charge is 0.146 e. The Morgan fingerprint density at radius 3 is 2.31 bits per heavy atom. The summed E-state index contributed by atoms with van der Waals surface area (Å²) in [5, 5.41) is 0.997. The molecule has 0 atom stereocenters. The van der Waals surface area contributed by atoms with E-state index in [4.69, 9.17) is 5.73 Å². The maximum absolute atomic E-state index is 5.98. The number of aryl methyl sites for hydroxylation is 2. The summed E-state index contributed by atoms with van der Waals surface area (Å²) < 4.78 is 2.22. The van der Waals surface area contributed by atoms with E-state index in [1.807, 2.05) is 6.92 Å². The van der Waals surface area contributed by atoms with Crippen molar-refractivity contribution < 1.29 is 0 Å². The van der Waals surface area contributed by atoms with E-state index in [9.17, 15) is 0 Å². The quantitative estimate of drug-likeness (QED) is 0.800. The lowest BCUT2D eigenvalue weighted by Crippen LogP contribution is -2.05. The van der Waals surface area contributed by atoms with Crippen molar-refractivity contribution in [2.75, 3.05) is 5.73 Å². The molecule has 2 aromatic heterocycles. The van der Waals surface area contributed by atoms with Crippen LogP contribution >= 0.6 is 0 Å². The highest BCUT2D eigenvalue weighted by molar-refractivity contribution is 5.91. The van der Waals surface area contributed by atoms with Crippen LogP contribution < -0.4 is 5.73 Å². The van der Waals surface area contributed by atoms with Gasteiger partial charge in [-0.3, -0.25) is 0 Å². The number of hydrogen-bond donors (Lipinski definition) is 1. The molecular weight excluding hydrogens is 200 g/mol. The highest BCUT2D eigenvalue weighted by atomic mass is 15.1. The number of nitrogen functional groups attached to an aromatic ring is 1. The van der Waals surface area contributed by atoms with Crippen LogP contribution in [0.4, 0.5) is 5.82 Å². The monoisotopic (exact) mass is 218 g/mol. The van der Waals surface area contributed by atoms with Crippen molar-refractivity contribution in [3.8, 4) is 0 Å². The molecule has 0 aliphatic heterocycles. The molecule has 0 unspecified atom stereocenters. The first-order valence-electron chi connectivity index (χ1n) is 5.54. The molecule has 0 amide bonds. The Bertz CT molecular complexity index is 552. The molecule has 86 valence electrons. The summed E-state index contributed by atoms with van der Waals surface area (Å²) in [7, 11) is 0. The van der Waals surface area contributed by atoms with Crippen LogP contribution in [0.25, 0.3) is 11.0 Å². The number of hydrogen-bond acceptors (Lipinski definition) is 3. The van der Waals surface area contributed by atoms with E-state index in [-0.39, 0.29) is 0 Å². The lowest BCUT2D eigenvalue weighted by molar-refractivity contribution is 0.601. The molecule has 0 bridgehead atoms. The van der Waals surface area contributed by atoms with Gasteiger partial charge in [-0.2, -0.15) is 0 Å². The van der Waals surface area contributed by atoms with E-state index in [0.717, 1.165) is 16.9 Å². The Morgan fingerprint density at radius 1 is 1.12 bits per heavy atom. The first kappa shape index (κ1) is 10.9. The lowest BCUT2D eigenvalue weighted by atomic mass is 10.2. The number of rotatable bonds is 1. The molecule has 0 aliphatic carbocycles. The predicted octanol–water partition coefficient (Wildman–Crippen LogP) is 2.52. The second-order valence-electron chi connectivity index (χ2n) is 4.53. The average Bonchev–Trinajstić information content (AvgIpc) is 2.38. The fraction of sp³-hybridized carbons (Fsp3) is 0.500. The summed E-state index contributed by atoms with van der Waals surface area (Å²) in [5.41, 5.74) is 9.33. The van der Waals surface area contributed by atoms with E-state index >= 15 is 0 Å². The van der Waals surface area contributed by atoms with E-state index in [1.165, 1.54) is 11.3 Å². The van der Waals surface area contributed by atoms with Crippen molar-refractivity contribution in [2.45, 2.75) is 40.7 Å². The largest absolute Gasteiger partial charge is 0.383 e. The van der Waals surface area contributed by atoms with Gasteiger partial charge < -0.3 is 10.3 Å². The highest BCUT2D eigenvalue weighted by Gasteiger charge is 2.17. The highest BCUT2D eigenvalue weighted by Crippen LogP contribution is 2.29. The van der Waals surface area contributed by atoms with Gasteiger partial charge in [-0.1, -0.05) is 0 Å². The van der Waals surface area contributed by atoms with Crippen molar-refractivity contribution in [1.29, 1.82) is 0 Å². The van der Waals surface area contributed by atoms with Crippen LogP contribution in [0.15, 0.2) is 0 Å². The van der Waals surface area contributed by atoms with Gasteiger partial charge in [-0.05, 0) is 40.2 Å². The molecule has 2 aromatic rings. The normalized spacial score (nSPS) is 11.6. The molecular formula is C12H18N4. The van der Waals surface area contributed by atoms with Crippen LogP contribution in [-0.4, -0.2) is 14.5 Å². The number of anilines is 1. The Balaban J connectivity index is 2.96. The summed E-state index contributed by atoms with van der Waals surface area (Å²) >= 11 is 0. The van der Waals surface area contributed by atoms with Crippen LogP contribution in [0.1, 0.15) is 37.0 Å². The zero-order chi connectivity index (χ0) is 12.0. The van der Waals surface area contributed by atoms with E-state index in [0.29, 0.717) is 11.9 Å². The third kappa shape index (κ3) is 1.37. The predicted molar refractivity (Wildman–Crippen MR) is 66.5 cm³/mol. The number of aromatic nitrogens is 3. The second kappa shape index (κ2) is 3.47. The van der Waals surface area contributed by atoms with Crippen molar-refractivity contribution in [3.63, 3.8) is 0 Å². The summed E-state index contributed by atoms with van der Waals surface area (Å²) in [6, 6.07) is 0.380. The SMILES string of the molecule is Cc1nc(N)c2c(C)c(C)n(C(C)C)c2n1. The standard InChI is InChI=1S/C12H18N4/c1-6(2)16-8(4)7(3)10-11(13)14-9(5)15-12(10)16/h6H,1-5H3,(H2,13,14,15). The lowest BCUT2D eigenvalue weighted by Gasteiger charge is -2.11. The van der Waals surface area contributed by atoms with Crippen molar-refractivity contribution >= 4 is 16.9 Å². The first-order chi connectivity index (χ1) is 7.43. The van der Waals surface area contributed by atoms with Gasteiger partial charge in [0.2, 0.25) is 0 Å². The van der Waals surface area contributed by atoms with E-state index < -0.39 is 0 Å². The van der Waals surface area contributed by atoms with Crippen LogP contribution in [0, 0.1) is 20.8 Å². The summed E-state index contributed by atoms with van der Waals surface area (Å²) in [6.45, 7) is 10.4. The van der Waals surface area contributed by atoms with Crippen LogP contribution in [0.5, 0.6) is 0 Å². The molecule has 4 nitrogen and oxygen atoms in total. The molecule has 0 saturated carbocycles. The van der Waals surface area contributed by atoms with Gasteiger partial charge >= 0.3 is 0 Å². The first-order valence-corrected chi connectivity index (χ1v) is 5.54. The third-order valence-corrected chi connectivity index (χ3v) is 3.05. The average molecular weight is 218 g/mol. The van der Waals surface area contributed by atoms with Crippen molar-refractivity contribution in [2.24, 2.45) is 0 Å². The van der Waals surface area contributed by atoms with Crippen LogP contribution in [0.2, 0.25) is 0 Å². The van der Waals surface area contributed by atoms with E-state index in [1.54, 1.807) is 0 Å². The van der Waals surface area contributed by atoms with Gasteiger partial charge in [0.05, 0.1) is 5.39 Å². The van der Waals surface area contributed by atoms with Gasteiger partial charge in [0, 0.05) is 11.7 Å². The molecule has 0 spiro atoms. The van der Waals surface area contributed by atoms with Gasteiger partial charge in [0.25, 0.3) is 0 Å². The second-order valence-corrected chi connectivity index (χ2v) is 4.53.